The highest BCUT2D eigenvalue weighted by Gasteiger charge is 2.09. The lowest BCUT2D eigenvalue weighted by molar-refractivity contribution is 0.457. The molecule has 0 amide bonds. The summed E-state index contributed by atoms with van der Waals surface area (Å²) in [5.74, 6) is 0. The first kappa shape index (κ1) is 13.2. The van der Waals surface area contributed by atoms with Crippen LogP contribution in [-0.4, -0.2) is 9.55 Å². The van der Waals surface area contributed by atoms with Gasteiger partial charge in [0, 0.05) is 12.2 Å². The van der Waals surface area contributed by atoms with Gasteiger partial charge in [0.25, 0.3) is 5.56 Å². The Morgan fingerprint density at radius 3 is 2.76 bits per heavy atom. The Labute approximate surface area is 99.7 Å². The third kappa shape index (κ3) is 3.31. The molecule has 0 fully saturated rings. The lowest BCUT2D eigenvalue weighted by Gasteiger charge is -2.14. The van der Waals surface area contributed by atoms with Gasteiger partial charge in [0.05, 0.1) is 0 Å². The molecule has 0 spiro atoms. The molecule has 0 aliphatic rings. The second-order valence-electron chi connectivity index (χ2n) is 4.17. The lowest BCUT2D eigenvalue weighted by Crippen LogP contribution is -2.32. The van der Waals surface area contributed by atoms with Crippen molar-refractivity contribution in [3.8, 4) is 6.07 Å². The van der Waals surface area contributed by atoms with Gasteiger partial charge in [-0.15, -0.1) is 0 Å². The fraction of sp³-hybridized carbons (Fsp3) is 0.583. The Morgan fingerprint density at radius 2 is 2.18 bits per heavy atom. The number of nitrogens with zero attached hydrogens (tertiary/aromatic N) is 2. The van der Waals surface area contributed by atoms with Gasteiger partial charge < -0.3 is 0 Å². The second-order valence-corrected chi connectivity index (χ2v) is 4.17. The lowest BCUT2D eigenvalue weighted by atomic mass is 10.1. The molecule has 0 saturated heterocycles. The molecular weight excluding hydrogens is 218 g/mol. The highest BCUT2D eigenvalue weighted by molar-refractivity contribution is 5.21. The molecule has 1 atom stereocenters. The van der Waals surface area contributed by atoms with E-state index < -0.39 is 11.2 Å². The van der Waals surface area contributed by atoms with Crippen LogP contribution in [0.1, 0.15) is 51.1 Å². The summed E-state index contributed by atoms with van der Waals surface area (Å²) in [7, 11) is 0. The van der Waals surface area contributed by atoms with E-state index in [1.807, 2.05) is 6.92 Å². The number of nitriles is 1. The van der Waals surface area contributed by atoms with Gasteiger partial charge >= 0.3 is 5.69 Å². The Kier molecular flexibility index (Phi) is 4.70. The van der Waals surface area contributed by atoms with Crippen LogP contribution in [0.3, 0.4) is 0 Å². The number of nitrogens with one attached hydrogen (secondary N) is 1. The highest BCUT2D eigenvalue weighted by Crippen LogP contribution is 2.12. The molecular formula is C12H17N3O2. The van der Waals surface area contributed by atoms with Crippen LogP contribution in [0.5, 0.6) is 0 Å². The summed E-state index contributed by atoms with van der Waals surface area (Å²) < 4.78 is 1.43. The van der Waals surface area contributed by atoms with Gasteiger partial charge in [0.15, 0.2) is 0 Å². The quantitative estimate of drug-likeness (QED) is 0.786. The fourth-order valence-electron chi connectivity index (χ4n) is 1.72. The standard InChI is InChI=1S/C12H17N3O2/c1-3-4-5-6-9(2)15-8-10(7-13)11(16)14-12(15)17/h8-9H,3-6H2,1-2H3,(H,14,16,17). The van der Waals surface area contributed by atoms with E-state index in [-0.39, 0.29) is 11.6 Å². The first-order chi connectivity index (χ1) is 8.10. The zero-order valence-electron chi connectivity index (χ0n) is 10.2. The summed E-state index contributed by atoms with van der Waals surface area (Å²) in [6.07, 6.45) is 5.48. The predicted octanol–water partition coefficient (Wildman–Crippen LogP) is 1.55. The van der Waals surface area contributed by atoms with Crippen LogP contribution in [0.2, 0.25) is 0 Å². The van der Waals surface area contributed by atoms with Crippen molar-refractivity contribution < 1.29 is 0 Å². The molecule has 1 unspecified atom stereocenters. The number of hydrogen-bond acceptors (Lipinski definition) is 3. The van der Waals surface area contributed by atoms with Crippen LogP contribution in [-0.2, 0) is 0 Å². The van der Waals surface area contributed by atoms with E-state index >= 15 is 0 Å². The molecule has 1 rings (SSSR count). The predicted molar refractivity (Wildman–Crippen MR) is 64.9 cm³/mol. The third-order valence-corrected chi connectivity index (χ3v) is 2.79. The molecule has 1 N–H and O–H groups in total. The van der Waals surface area contributed by atoms with Crippen LogP contribution in [0.15, 0.2) is 15.8 Å². The Bertz CT molecular complexity index is 522. The smallest absolute Gasteiger partial charge is 0.296 e. The van der Waals surface area contributed by atoms with Crippen LogP contribution >= 0.6 is 0 Å². The van der Waals surface area contributed by atoms with Crippen molar-refractivity contribution in [2.45, 2.75) is 45.6 Å². The van der Waals surface area contributed by atoms with Crippen LogP contribution in [0.4, 0.5) is 0 Å². The molecule has 1 aromatic rings. The van der Waals surface area contributed by atoms with Crippen molar-refractivity contribution in [3.63, 3.8) is 0 Å². The van der Waals surface area contributed by atoms with Gasteiger partial charge in [0.2, 0.25) is 0 Å². The van der Waals surface area contributed by atoms with Crippen molar-refractivity contribution in [1.29, 1.82) is 5.26 Å². The van der Waals surface area contributed by atoms with Gasteiger partial charge in [0.1, 0.15) is 11.6 Å². The topological polar surface area (TPSA) is 78.7 Å². The number of aromatic amines is 1. The van der Waals surface area contributed by atoms with Crippen molar-refractivity contribution in [2.75, 3.05) is 0 Å². The van der Waals surface area contributed by atoms with E-state index in [1.165, 1.54) is 10.8 Å². The summed E-state index contributed by atoms with van der Waals surface area (Å²) in [6.45, 7) is 4.03. The third-order valence-electron chi connectivity index (χ3n) is 2.79. The van der Waals surface area contributed by atoms with E-state index in [2.05, 4.69) is 11.9 Å². The van der Waals surface area contributed by atoms with Crippen molar-refractivity contribution in [2.24, 2.45) is 0 Å². The number of H-pyrrole nitrogens is 1. The summed E-state index contributed by atoms with van der Waals surface area (Å²) >= 11 is 0. The molecule has 0 aliphatic heterocycles. The average Bonchev–Trinajstić information content (AvgIpc) is 2.29. The zero-order chi connectivity index (χ0) is 12.8. The Hall–Kier alpha value is -1.83. The molecule has 17 heavy (non-hydrogen) atoms. The van der Waals surface area contributed by atoms with Gasteiger partial charge in [-0.2, -0.15) is 5.26 Å². The fourth-order valence-corrected chi connectivity index (χ4v) is 1.72. The normalized spacial score (nSPS) is 12.1. The first-order valence-electron chi connectivity index (χ1n) is 5.85. The largest absolute Gasteiger partial charge is 0.328 e. The minimum Gasteiger partial charge on any atom is -0.296 e. The van der Waals surface area contributed by atoms with E-state index in [0.29, 0.717) is 0 Å². The van der Waals surface area contributed by atoms with Crippen LogP contribution < -0.4 is 11.2 Å². The van der Waals surface area contributed by atoms with Crippen LogP contribution in [0.25, 0.3) is 0 Å². The number of rotatable bonds is 5. The minimum atomic E-state index is -0.616. The Morgan fingerprint density at radius 1 is 1.47 bits per heavy atom. The maximum absolute atomic E-state index is 11.6. The van der Waals surface area contributed by atoms with Crippen molar-refractivity contribution in [1.82, 2.24) is 9.55 Å². The van der Waals surface area contributed by atoms with Crippen molar-refractivity contribution >= 4 is 0 Å². The molecule has 0 aliphatic carbocycles. The summed E-state index contributed by atoms with van der Waals surface area (Å²) in [4.78, 5) is 25.0. The highest BCUT2D eigenvalue weighted by atomic mass is 16.2. The maximum atomic E-state index is 11.6. The molecule has 5 nitrogen and oxygen atoms in total. The van der Waals surface area contributed by atoms with E-state index in [9.17, 15) is 9.59 Å². The van der Waals surface area contributed by atoms with E-state index in [0.717, 1.165) is 25.7 Å². The summed E-state index contributed by atoms with van der Waals surface area (Å²) in [5.41, 5.74) is -1.08. The monoisotopic (exact) mass is 235 g/mol. The molecule has 0 aromatic carbocycles. The molecule has 5 heteroatoms. The molecule has 0 bridgehead atoms. The van der Waals surface area contributed by atoms with Crippen LogP contribution in [0, 0.1) is 11.3 Å². The molecule has 1 aromatic heterocycles. The molecule has 0 radical (unpaired) electrons. The number of hydrogen-bond donors (Lipinski definition) is 1. The maximum Gasteiger partial charge on any atom is 0.328 e. The van der Waals surface area contributed by atoms with Gasteiger partial charge in [-0.05, 0) is 13.3 Å². The molecule has 1 heterocycles. The minimum absolute atomic E-state index is 0.00185. The molecule has 0 saturated carbocycles. The van der Waals surface area contributed by atoms with E-state index in [1.54, 1.807) is 6.07 Å². The summed E-state index contributed by atoms with van der Waals surface area (Å²) in [5, 5.41) is 8.74. The number of unbranched alkanes of at least 4 members (excludes halogenated alkanes) is 2. The Balaban J connectivity index is 2.94. The van der Waals surface area contributed by atoms with Gasteiger partial charge in [-0.1, -0.05) is 26.2 Å². The SMILES string of the molecule is CCCCCC(C)n1cc(C#N)c(=O)[nH]c1=O. The van der Waals surface area contributed by atoms with Crippen molar-refractivity contribution in [3.05, 3.63) is 32.6 Å². The second kappa shape index (κ2) is 6.04. The summed E-state index contributed by atoms with van der Waals surface area (Å²) in [6, 6.07) is 1.78. The zero-order valence-corrected chi connectivity index (χ0v) is 10.2. The van der Waals surface area contributed by atoms with E-state index in [4.69, 9.17) is 5.26 Å². The first-order valence-corrected chi connectivity index (χ1v) is 5.85. The average molecular weight is 235 g/mol. The number of aromatic nitrogens is 2. The van der Waals surface area contributed by atoms with Gasteiger partial charge in [-0.25, -0.2) is 4.79 Å². The molecule has 92 valence electrons. The van der Waals surface area contributed by atoms with Gasteiger partial charge in [-0.3, -0.25) is 14.3 Å².